The van der Waals surface area contributed by atoms with Crippen molar-refractivity contribution in [1.29, 1.82) is 5.41 Å². The second-order valence-electron chi connectivity index (χ2n) is 7.87. The highest BCUT2D eigenvalue weighted by molar-refractivity contribution is 7.93. The summed E-state index contributed by atoms with van der Waals surface area (Å²) in [5.74, 6) is -0.912. The highest BCUT2D eigenvalue weighted by Gasteiger charge is 2.40. The number of benzene rings is 1. The normalized spacial score (nSPS) is 16.3. The molecule has 9 nitrogen and oxygen atoms in total. The van der Waals surface area contributed by atoms with Crippen LogP contribution in [0, 0.1) is 5.41 Å². The summed E-state index contributed by atoms with van der Waals surface area (Å²) in [6.45, 7) is 3.43. The smallest absolute Gasteiger partial charge is 0.274 e. The molecule has 2 aromatic rings. The number of ether oxygens (including phenoxy) is 2. The quantitative estimate of drug-likeness (QED) is 0.436. The maximum Gasteiger partial charge on any atom is 0.274 e. The predicted octanol–water partition coefficient (Wildman–Crippen LogP) is 2.09. The van der Waals surface area contributed by atoms with Gasteiger partial charge >= 0.3 is 0 Å². The molecule has 0 saturated carbocycles. The molecule has 1 aromatic heterocycles. The van der Waals surface area contributed by atoms with Gasteiger partial charge in [0.2, 0.25) is 0 Å². The minimum Gasteiger partial charge on any atom is -0.495 e. The molecule has 1 aliphatic heterocycles. The number of sulfone groups is 1. The number of nitrogens with two attached hydrogens (primary N) is 1. The summed E-state index contributed by atoms with van der Waals surface area (Å²) in [7, 11) is -2.21. The maximum atomic E-state index is 12.9. The van der Waals surface area contributed by atoms with Crippen molar-refractivity contribution in [3.63, 3.8) is 0 Å². The number of amides is 1. The van der Waals surface area contributed by atoms with Gasteiger partial charge in [0.15, 0.2) is 9.84 Å². The van der Waals surface area contributed by atoms with E-state index in [0.717, 1.165) is 11.1 Å². The largest absolute Gasteiger partial charge is 0.495 e. The number of carbonyl (C=O) groups is 1. The predicted molar refractivity (Wildman–Crippen MR) is 117 cm³/mol. The molecule has 0 fully saturated rings. The number of fused-ring (bicyclic) bond motifs is 1. The van der Waals surface area contributed by atoms with E-state index in [2.05, 4.69) is 10.3 Å². The Labute approximate surface area is 181 Å². The lowest BCUT2D eigenvalue weighted by molar-refractivity contribution is 0.0956. The molecule has 1 unspecified atom stereocenters. The summed E-state index contributed by atoms with van der Waals surface area (Å²) in [5.41, 5.74) is 7.91. The van der Waals surface area contributed by atoms with E-state index in [1.807, 2.05) is 0 Å². The van der Waals surface area contributed by atoms with Gasteiger partial charge in [0, 0.05) is 11.6 Å². The number of amidine groups is 1. The Hall–Kier alpha value is -2.98. The minimum atomic E-state index is -3.73. The Balaban J connectivity index is 1.83. The average Bonchev–Trinajstić information content (AvgIpc) is 2.73. The number of hydrogen-bond donors (Lipinski definition) is 3. The first kappa shape index (κ1) is 22.7. The number of rotatable bonds is 7. The molecular formula is C21H26N4O5S. The molecule has 0 aliphatic carbocycles. The van der Waals surface area contributed by atoms with E-state index in [1.165, 1.54) is 27.2 Å². The summed E-state index contributed by atoms with van der Waals surface area (Å²) < 4.78 is 35.0. The zero-order chi connectivity index (χ0) is 22.8. The molecule has 166 valence electrons. The number of methoxy groups -OCH3 is 1. The second-order valence-corrected chi connectivity index (χ2v) is 10.5. The molecule has 1 aromatic carbocycles. The summed E-state index contributed by atoms with van der Waals surface area (Å²) in [6, 6.07) is 8.50. The fraction of sp³-hybridized carbons (Fsp3) is 0.381. The minimum absolute atomic E-state index is 0.218. The fourth-order valence-electron chi connectivity index (χ4n) is 3.19. The van der Waals surface area contributed by atoms with Gasteiger partial charge < -0.3 is 20.5 Å². The molecule has 0 radical (unpaired) electrons. The third kappa shape index (κ3) is 4.70. The van der Waals surface area contributed by atoms with Gasteiger partial charge in [-0.1, -0.05) is 6.07 Å². The van der Waals surface area contributed by atoms with E-state index in [-0.39, 0.29) is 18.1 Å². The van der Waals surface area contributed by atoms with Gasteiger partial charge in [-0.2, -0.15) is 0 Å². The van der Waals surface area contributed by atoms with Gasteiger partial charge in [-0.3, -0.25) is 10.2 Å². The Morgan fingerprint density at radius 3 is 2.71 bits per heavy atom. The summed E-state index contributed by atoms with van der Waals surface area (Å²) in [4.78, 5) is 16.6. The van der Waals surface area contributed by atoms with E-state index in [4.69, 9.17) is 20.6 Å². The van der Waals surface area contributed by atoms with E-state index in [0.29, 0.717) is 18.0 Å². The van der Waals surface area contributed by atoms with Gasteiger partial charge in [-0.15, -0.1) is 0 Å². The molecule has 1 aliphatic rings. The Morgan fingerprint density at radius 2 is 2.10 bits per heavy atom. The molecule has 2 heterocycles. The number of carbonyl (C=O) groups excluding carboxylic acids is 1. The lowest BCUT2D eigenvalue weighted by Crippen LogP contribution is -2.47. The molecular weight excluding hydrogens is 420 g/mol. The Bertz CT molecular complexity index is 1100. The van der Waals surface area contributed by atoms with Gasteiger partial charge in [-0.25, -0.2) is 13.4 Å². The lowest BCUT2D eigenvalue weighted by Gasteiger charge is -2.30. The number of nitrogens with one attached hydrogen (secondary N) is 2. The highest BCUT2D eigenvalue weighted by Crippen LogP contribution is 2.33. The molecule has 0 spiro atoms. The van der Waals surface area contributed by atoms with Crippen LogP contribution in [-0.2, 0) is 21.2 Å². The van der Waals surface area contributed by atoms with Crippen molar-refractivity contribution in [3.05, 3.63) is 53.3 Å². The molecule has 1 atom stereocenters. The van der Waals surface area contributed by atoms with E-state index >= 15 is 0 Å². The average molecular weight is 447 g/mol. The van der Waals surface area contributed by atoms with Crippen molar-refractivity contribution in [1.82, 2.24) is 4.98 Å². The van der Waals surface area contributed by atoms with Gasteiger partial charge in [-0.05, 0) is 49.2 Å². The number of nitrogens with zero attached hydrogens (tertiary/aromatic N) is 1. The molecule has 1 amide bonds. The molecule has 0 bridgehead atoms. The third-order valence-electron chi connectivity index (χ3n) is 5.47. The zero-order valence-corrected chi connectivity index (χ0v) is 18.5. The van der Waals surface area contributed by atoms with Crippen molar-refractivity contribution in [2.45, 2.75) is 31.1 Å². The maximum absolute atomic E-state index is 12.9. The summed E-state index contributed by atoms with van der Waals surface area (Å²) in [6.07, 6.45) is 1.46. The van der Waals surface area contributed by atoms with E-state index in [1.54, 1.807) is 30.3 Å². The summed E-state index contributed by atoms with van der Waals surface area (Å²) in [5, 5.41) is 10.4. The molecule has 4 N–H and O–H groups in total. The summed E-state index contributed by atoms with van der Waals surface area (Å²) >= 11 is 0. The Morgan fingerprint density at radius 1 is 1.35 bits per heavy atom. The fourth-order valence-corrected chi connectivity index (χ4v) is 4.75. The van der Waals surface area contributed by atoms with E-state index < -0.39 is 32.2 Å². The molecule has 31 heavy (non-hydrogen) atoms. The first-order valence-electron chi connectivity index (χ1n) is 9.64. The zero-order valence-electron chi connectivity index (χ0n) is 17.6. The SMILES string of the molecule is COc1ccc(C(=O)Nc2ccc3c(c2)C(CS(=O)(=O)C(C)(C)C(=N)N)COC3)nc1. The number of hydrogen-bond acceptors (Lipinski definition) is 7. The van der Waals surface area contributed by atoms with Crippen molar-refractivity contribution in [3.8, 4) is 5.75 Å². The van der Waals surface area contributed by atoms with Crippen LogP contribution >= 0.6 is 0 Å². The van der Waals surface area contributed by atoms with Crippen LogP contribution in [0.5, 0.6) is 5.75 Å². The molecule has 0 saturated heterocycles. The number of anilines is 1. The van der Waals surface area contributed by atoms with E-state index in [9.17, 15) is 13.2 Å². The van der Waals surface area contributed by atoms with Crippen molar-refractivity contribution < 1.29 is 22.7 Å². The van der Waals surface area contributed by atoms with Crippen molar-refractivity contribution in [2.24, 2.45) is 5.73 Å². The van der Waals surface area contributed by atoms with Gasteiger partial charge in [0.25, 0.3) is 5.91 Å². The van der Waals surface area contributed by atoms with Gasteiger partial charge in [0.05, 0.1) is 32.3 Å². The van der Waals surface area contributed by atoms with Gasteiger partial charge in [0.1, 0.15) is 22.0 Å². The highest BCUT2D eigenvalue weighted by atomic mass is 32.2. The lowest BCUT2D eigenvalue weighted by atomic mass is 9.94. The van der Waals surface area contributed by atoms with Crippen LogP contribution in [0.25, 0.3) is 0 Å². The van der Waals surface area contributed by atoms with Crippen LogP contribution in [-0.4, -0.2) is 49.4 Å². The van der Waals surface area contributed by atoms with Crippen LogP contribution in [0.1, 0.15) is 41.4 Å². The van der Waals surface area contributed by atoms with Crippen LogP contribution < -0.4 is 15.8 Å². The molecule has 10 heteroatoms. The number of pyridine rings is 1. The Kier molecular flexibility index (Phi) is 6.33. The first-order chi connectivity index (χ1) is 14.5. The third-order valence-corrected chi connectivity index (χ3v) is 8.09. The second kappa shape index (κ2) is 8.64. The number of aromatic nitrogens is 1. The molecule has 3 rings (SSSR count). The topological polar surface area (TPSA) is 144 Å². The van der Waals surface area contributed by atoms with Crippen LogP contribution in [0.4, 0.5) is 5.69 Å². The van der Waals surface area contributed by atoms with Crippen LogP contribution in [0.3, 0.4) is 0 Å². The monoisotopic (exact) mass is 446 g/mol. The van der Waals surface area contributed by atoms with Crippen molar-refractivity contribution >= 4 is 27.3 Å². The van der Waals surface area contributed by atoms with Crippen LogP contribution in [0.2, 0.25) is 0 Å². The van der Waals surface area contributed by atoms with Crippen LogP contribution in [0.15, 0.2) is 36.5 Å². The standard InChI is InChI=1S/C21H26N4O5S/c1-21(2,20(22)23)31(27,28)12-14-11-30-10-13-4-5-15(8-17(13)14)25-19(26)18-7-6-16(29-3)9-24-18/h4-9,14H,10-12H2,1-3H3,(H3,22,23)(H,25,26). The first-order valence-corrected chi connectivity index (χ1v) is 11.3. The van der Waals surface area contributed by atoms with Crippen molar-refractivity contribution in [2.75, 3.05) is 24.8 Å².